The lowest BCUT2D eigenvalue weighted by atomic mass is 10.0. The minimum absolute atomic E-state index is 0.219. The normalized spacial score (nSPS) is 13.2. The maximum Gasteiger partial charge on any atom is 0.416 e. The van der Waals surface area contributed by atoms with Gasteiger partial charge in [0.2, 0.25) is 0 Å². The minimum Gasteiger partial charge on any atom is -0.304 e. The molecular weight excluding hydrogens is 313 g/mol. The molecule has 1 heterocycles. The van der Waals surface area contributed by atoms with E-state index in [4.69, 9.17) is 0 Å². The molecule has 0 spiro atoms. The largest absolute Gasteiger partial charge is 0.416 e. The Hall–Kier alpha value is -1.78. The molecular formula is C19H25F3N2. The summed E-state index contributed by atoms with van der Waals surface area (Å²) in [5, 5.41) is 0. The maximum absolute atomic E-state index is 12.9. The molecule has 132 valence electrons. The first kappa shape index (κ1) is 18.6. The molecule has 0 saturated carbocycles. The predicted octanol–water partition coefficient (Wildman–Crippen LogP) is 6.36. The van der Waals surface area contributed by atoms with E-state index in [1.807, 2.05) is 0 Å². The van der Waals surface area contributed by atoms with Crippen LogP contribution in [0, 0.1) is 0 Å². The molecule has 1 unspecified atom stereocenters. The van der Waals surface area contributed by atoms with Gasteiger partial charge in [-0.1, -0.05) is 52.0 Å². The van der Waals surface area contributed by atoms with Crippen LogP contribution < -0.4 is 0 Å². The molecule has 0 bridgehead atoms. The van der Waals surface area contributed by atoms with E-state index in [0.717, 1.165) is 24.7 Å². The molecule has 2 nitrogen and oxygen atoms in total. The Balaban J connectivity index is 2.10. The van der Waals surface area contributed by atoms with E-state index in [9.17, 15) is 13.2 Å². The fourth-order valence-corrected chi connectivity index (χ4v) is 2.91. The van der Waals surface area contributed by atoms with E-state index in [-0.39, 0.29) is 5.92 Å². The predicted molar refractivity (Wildman–Crippen MR) is 90.4 cm³/mol. The van der Waals surface area contributed by atoms with Gasteiger partial charge in [-0.15, -0.1) is 0 Å². The van der Waals surface area contributed by atoms with Crippen LogP contribution in [-0.4, -0.2) is 9.55 Å². The molecule has 5 heteroatoms. The van der Waals surface area contributed by atoms with Gasteiger partial charge < -0.3 is 4.57 Å². The number of imidazole rings is 1. The van der Waals surface area contributed by atoms with Crippen molar-refractivity contribution in [2.24, 2.45) is 0 Å². The summed E-state index contributed by atoms with van der Waals surface area (Å²) in [7, 11) is 0. The number of hydrogen-bond donors (Lipinski definition) is 0. The molecule has 2 aromatic rings. The van der Waals surface area contributed by atoms with E-state index < -0.39 is 11.7 Å². The lowest BCUT2D eigenvalue weighted by molar-refractivity contribution is -0.137. The molecule has 0 aliphatic heterocycles. The molecule has 0 N–H and O–H groups in total. The molecule has 0 aliphatic carbocycles. The highest BCUT2D eigenvalue weighted by Gasteiger charge is 2.30. The van der Waals surface area contributed by atoms with Crippen LogP contribution in [0.4, 0.5) is 13.2 Å². The molecule has 24 heavy (non-hydrogen) atoms. The zero-order valence-corrected chi connectivity index (χ0v) is 14.3. The Kier molecular flexibility index (Phi) is 6.46. The second-order valence-corrected chi connectivity index (χ2v) is 6.31. The maximum atomic E-state index is 12.9. The van der Waals surface area contributed by atoms with Gasteiger partial charge in [-0.2, -0.15) is 13.2 Å². The van der Waals surface area contributed by atoms with Crippen LogP contribution in [0.2, 0.25) is 0 Å². The summed E-state index contributed by atoms with van der Waals surface area (Å²) < 4.78 is 40.5. The van der Waals surface area contributed by atoms with E-state index in [0.29, 0.717) is 5.69 Å². The van der Waals surface area contributed by atoms with Gasteiger partial charge in [0, 0.05) is 24.0 Å². The molecule has 0 radical (unpaired) electrons. The lowest BCUT2D eigenvalue weighted by Gasteiger charge is -2.15. The SMILES string of the molecule is CCCCCCCC(C)c1nccn1-c1cccc(C(F)(F)F)c1. The summed E-state index contributed by atoms with van der Waals surface area (Å²) in [5.41, 5.74) is -0.123. The average Bonchev–Trinajstić information content (AvgIpc) is 3.03. The van der Waals surface area contributed by atoms with Gasteiger partial charge in [0.1, 0.15) is 5.82 Å². The van der Waals surface area contributed by atoms with Crippen molar-refractivity contribution in [3.8, 4) is 5.69 Å². The van der Waals surface area contributed by atoms with Crippen molar-refractivity contribution in [2.45, 2.75) is 64.5 Å². The van der Waals surface area contributed by atoms with Crippen molar-refractivity contribution in [3.63, 3.8) is 0 Å². The summed E-state index contributed by atoms with van der Waals surface area (Å²) in [6.45, 7) is 4.28. The van der Waals surface area contributed by atoms with Crippen LogP contribution in [0.1, 0.15) is 69.7 Å². The molecule has 0 amide bonds. The number of unbranched alkanes of at least 4 members (excludes halogenated alkanes) is 4. The van der Waals surface area contributed by atoms with Crippen molar-refractivity contribution >= 4 is 0 Å². The molecule has 1 aromatic heterocycles. The third kappa shape index (κ3) is 4.86. The van der Waals surface area contributed by atoms with Crippen molar-refractivity contribution in [3.05, 3.63) is 48.0 Å². The van der Waals surface area contributed by atoms with Crippen LogP contribution in [0.3, 0.4) is 0 Å². The first-order valence-corrected chi connectivity index (χ1v) is 8.64. The van der Waals surface area contributed by atoms with E-state index >= 15 is 0 Å². The minimum atomic E-state index is -4.33. The third-order valence-electron chi connectivity index (χ3n) is 4.30. The fraction of sp³-hybridized carbons (Fsp3) is 0.526. The monoisotopic (exact) mass is 338 g/mol. The highest BCUT2D eigenvalue weighted by Crippen LogP contribution is 2.31. The molecule has 1 atom stereocenters. The number of alkyl halides is 3. The molecule has 2 rings (SSSR count). The summed E-state index contributed by atoms with van der Waals surface area (Å²) in [6, 6.07) is 5.40. The van der Waals surface area contributed by atoms with E-state index in [1.54, 1.807) is 23.0 Å². The van der Waals surface area contributed by atoms with Gasteiger partial charge >= 0.3 is 6.18 Å². The van der Waals surface area contributed by atoms with E-state index in [2.05, 4.69) is 18.8 Å². The van der Waals surface area contributed by atoms with Gasteiger partial charge in [0.15, 0.2) is 0 Å². The van der Waals surface area contributed by atoms with Crippen LogP contribution in [0.15, 0.2) is 36.7 Å². The highest BCUT2D eigenvalue weighted by molar-refractivity contribution is 5.38. The van der Waals surface area contributed by atoms with E-state index in [1.165, 1.54) is 37.8 Å². The van der Waals surface area contributed by atoms with Crippen molar-refractivity contribution in [1.29, 1.82) is 0 Å². The van der Waals surface area contributed by atoms with Crippen LogP contribution in [0.5, 0.6) is 0 Å². The molecule has 0 aliphatic rings. The Labute approximate surface area is 141 Å². The average molecular weight is 338 g/mol. The topological polar surface area (TPSA) is 17.8 Å². The van der Waals surface area contributed by atoms with Crippen molar-refractivity contribution in [1.82, 2.24) is 9.55 Å². The third-order valence-corrected chi connectivity index (χ3v) is 4.30. The number of nitrogens with zero attached hydrogens (tertiary/aromatic N) is 2. The van der Waals surface area contributed by atoms with Gasteiger partial charge in [-0.05, 0) is 24.6 Å². The number of halogens is 3. The summed E-state index contributed by atoms with van der Waals surface area (Å²) >= 11 is 0. The van der Waals surface area contributed by atoms with Gasteiger partial charge in [0.05, 0.1) is 5.56 Å². The number of rotatable bonds is 8. The highest BCUT2D eigenvalue weighted by atomic mass is 19.4. The number of hydrogen-bond acceptors (Lipinski definition) is 1. The summed E-state index contributed by atoms with van der Waals surface area (Å²) in [6.07, 6.45) is 6.09. The van der Waals surface area contributed by atoms with Gasteiger partial charge in [-0.25, -0.2) is 4.98 Å². The Morgan fingerprint density at radius 1 is 1.12 bits per heavy atom. The Bertz CT molecular complexity index is 632. The number of aromatic nitrogens is 2. The molecule has 0 fully saturated rings. The van der Waals surface area contributed by atoms with Crippen LogP contribution >= 0.6 is 0 Å². The van der Waals surface area contributed by atoms with Crippen LogP contribution in [-0.2, 0) is 6.18 Å². The fourth-order valence-electron chi connectivity index (χ4n) is 2.91. The van der Waals surface area contributed by atoms with Crippen molar-refractivity contribution < 1.29 is 13.2 Å². The van der Waals surface area contributed by atoms with Crippen LogP contribution in [0.25, 0.3) is 5.69 Å². The second kappa shape index (κ2) is 8.36. The Morgan fingerprint density at radius 3 is 2.58 bits per heavy atom. The first-order valence-electron chi connectivity index (χ1n) is 8.64. The first-order chi connectivity index (χ1) is 11.4. The van der Waals surface area contributed by atoms with Gasteiger partial charge in [-0.3, -0.25) is 0 Å². The lowest BCUT2D eigenvalue weighted by Crippen LogP contribution is -2.08. The smallest absolute Gasteiger partial charge is 0.304 e. The summed E-state index contributed by atoms with van der Waals surface area (Å²) in [5.74, 6) is 1.04. The summed E-state index contributed by atoms with van der Waals surface area (Å²) in [4.78, 5) is 4.38. The standard InChI is InChI=1S/C19H25F3N2/c1-3-4-5-6-7-9-15(2)18-23-12-13-24(18)17-11-8-10-16(14-17)19(20,21)22/h8,10-15H,3-7,9H2,1-2H3. The number of benzene rings is 1. The molecule has 1 aromatic carbocycles. The zero-order valence-electron chi connectivity index (χ0n) is 14.3. The van der Waals surface area contributed by atoms with Crippen molar-refractivity contribution in [2.75, 3.05) is 0 Å². The zero-order chi connectivity index (χ0) is 17.6. The Morgan fingerprint density at radius 2 is 1.88 bits per heavy atom. The second-order valence-electron chi connectivity index (χ2n) is 6.31. The molecule has 0 saturated heterocycles. The quantitative estimate of drug-likeness (QED) is 0.512. The van der Waals surface area contributed by atoms with Gasteiger partial charge in [0.25, 0.3) is 0 Å².